The second-order valence-electron chi connectivity index (χ2n) is 7.73. The number of likely N-dealkylation sites (tertiary alicyclic amines) is 1. The Morgan fingerprint density at radius 3 is 2.58 bits per heavy atom. The van der Waals surface area contributed by atoms with E-state index in [-0.39, 0.29) is 16.4 Å². The second-order valence-corrected chi connectivity index (χ2v) is 9.28. The molecule has 0 spiro atoms. The third-order valence-electron chi connectivity index (χ3n) is 5.05. The zero-order valence-electron chi connectivity index (χ0n) is 18.2. The van der Waals surface area contributed by atoms with Gasteiger partial charge >= 0.3 is 16.1 Å². The number of hydrazone groups is 1. The summed E-state index contributed by atoms with van der Waals surface area (Å²) in [6.45, 7) is 3.45. The average Bonchev–Trinajstić information content (AvgIpc) is 2.77. The van der Waals surface area contributed by atoms with Crippen LogP contribution >= 0.6 is 0 Å². The highest BCUT2D eigenvalue weighted by molar-refractivity contribution is 7.87. The fourth-order valence-corrected chi connectivity index (χ4v) is 4.38. The van der Waals surface area contributed by atoms with Gasteiger partial charge in [-0.2, -0.15) is 13.5 Å². The molecule has 33 heavy (non-hydrogen) atoms. The van der Waals surface area contributed by atoms with E-state index < -0.39 is 22.7 Å². The molecule has 1 saturated heterocycles. The lowest BCUT2D eigenvalue weighted by atomic mass is 9.98. The molecule has 0 aliphatic carbocycles. The molecule has 1 fully saturated rings. The maximum absolute atomic E-state index is 12.7. The standard InChI is InChI=1S/C22H27N3O7S/c1-16-9-19(30-13-17-5-7-25(8-6-17)15-24-23)11-20(10-16)32-33(28,29)21-4-2-3-18(12-21)31-14-22(26)27/h2-4,9-12,15,17H,5-8,13-14,23H2,1H3,(H,26,27). The number of aryl methyl sites for hydroxylation is 1. The largest absolute Gasteiger partial charge is 0.493 e. The number of rotatable bonds is 10. The highest BCUT2D eigenvalue weighted by Crippen LogP contribution is 2.28. The van der Waals surface area contributed by atoms with Crippen molar-refractivity contribution < 1.29 is 32.0 Å². The molecular weight excluding hydrogens is 450 g/mol. The van der Waals surface area contributed by atoms with Gasteiger partial charge in [-0.1, -0.05) is 6.07 Å². The molecule has 3 N–H and O–H groups in total. The Bertz CT molecular complexity index is 1100. The number of nitrogens with two attached hydrogens (primary N) is 1. The van der Waals surface area contributed by atoms with Gasteiger partial charge in [0, 0.05) is 25.2 Å². The van der Waals surface area contributed by atoms with Crippen LogP contribution in [-0.2, 0) is 14.9 Å². The molecule has 0 aromatic heterocycles. The summed E-state index contributed by atoms with van der Waals surface area (Å²) < 4.78 is 41.8. The number of ether oxygens (including phenoxy) is 2. The van der Waals surface area contributed by atoms with E-state index in [1.165, 1.54) is 30.3 Å². The smallest absolute Gasteiger partial charge is 0.341 e. The summed E-state index contributed by atoms with van der Waals surface area (Å²) in [5.74, 6) is 5.15. The van der Waals surface area contributed by atoms with Gasteiger partial charge in [-0.15, -0.1) is 0 Å². The molecule has 2 aromatic carbocycles. The van der Waals surface area contributed by atoms with Crippen molar-refractivity contribution in [3.8, 4) is 17.2 Å². The summed E-state index contributed by atoms with van der Waals surface area (Å²) in [6, 6.07) is 10.4. The van der Waals surface area contributed by atoms with E-state index in [4.69, 9.17) is 24.6 Å². The monoisotopic (exact) mass is 477 g/mol. The lowest BCUT2D eigenvalue weighted by Crippen LogP contribution is -2.34. The van der Waals surface area contributed by atoms with E-state index in [9.17, 15) is 13.2 Å². The van der Waals surface area contributed by atoms with Crippen molar-refractivity contribution in [1.29, 1.82) is 0 Å². The van der Waals surface area contributed by atoms with Crippen LogP contribution in [0.25, 0.3) is 0 Å². The van der Waals surface area contributed by atoms with Gasteiger partial charge in [-0.05, 0) is 55.5 Å². The normalized spacial score (nSPS) is 14.9. The van der Waals surface area contributed by atoms with Crippen LogP contribution in [0.4, 0.5) is 0 Å². The van der Waals surface area contributed by atoms with Crippen molar-refractivity contribution in [2.45, 2.75) is 24.7 Å². The minimum Gasteiger partial charge on any atom is -0.493 e. The Hall–Kier alpha value is -3.47. The van der Waals surface area contributed by atoms with Crippen LogP contribution < -0.4 is 19.5 Å². The molecule has 2 aromatic rings. The second kappa shape index (κ2) is 10.9. The molecule has 0 saturated carbocycles. The van der Waals surface area contributed by atoms with E-state index in [2.05, 4.69) is 10.0 Å². The zero-order chi connectivity index (χ0) is 23.8. The maximum Gasteiger partial charge on any atom is 0.341 e. The first-order valence-corrected chi connectivity index (χ1v) is 11.8. The van der Waals surface area contributed by atoms with Crippen molar-refractivity contribution in [2.75, 3.05) is 26.3 Å². The highest BCUT2D eigenvalue weighted by atomic mass is 32.2. The van der Waals surface area contributed by atoms with Crippen LogP contribution in [0.5, 0.6) is 17.2 Å². The molecule has 0 amide bonds. The predicted octanol–water partition coefficient (Wildman–Crippen LogP) is 2.22. The third kappa shape index (κ3) is 7.28. The Morgan fingerprint density at radius 1 is 1.15 bits per heavy atom. The van der Waals surface area contributed by atoms with Crippen molar-refractivity contribution in [3.63, 3.8) is 0 Å². The Labute approximate surface area is 192 Å². The minimum atomic E-state index is -4.17. The molecule has 10 nitrogen and oxygen atoms in total. The summed E-state index contributed by atoms with van der Waals surface area (Å²) in [6.07, 6.45) is 3.52. The fourth-order valence-electron chi connectivity index (χ4n) is 3.43. The summed E-state index contributed by atoms with van der Waals surface area (Å²) >= 11 is 0. The number of carboxylic acids is 1. The highest BCUT2D eigenvalue weighted by Gasteiger charge is 2.20. The first-order valence-electron chi connectivity index (χ1n) is 10.4. The summed E-state index contributed by atoms with van der Waals surface area (Å²) in [4.78, 5) is 12.6. The Kier molecular flexibility index (Phi) is 7.99. The number of carboxylic acid groups (broad SMARTS) is 1. The number of benzene rings is 2. The number of piperidine rings is 1. The Morgan fingerprint density at radius 2 is 1.88 bits per heavy atom. The molecule has 1 heterocycles. The average molecular weight is 478 g/mol. The van der Waals surface area contributed by atoms with Gasteiger partial charge in [0.2, 0.25) is 0 Å². The summed E-state index contributed by atoms with van der Waals surface area (Å²) in [5, 5.41) is 12.3. The SMILES string of the molecule is Cc1cc(OCC2CCN(C=NN)CC2)cc(OS(=O)(=O)c2cccc(OCC(=O)O)c2)c1. The number of hydrogen-bond acceptors (Lipinski definition) is 8. The van der Waals surface area contributed by atoms with E-state index in [0.29, 0.717) is 18.3 Å². The molecule has 11 heteroatoms. The molecule has 178 valence electrons. The van der Waals surface area contributed by atoms with Crippen LogP contribution in [0.15, 0.2) is 52.5 Å². The zero-order valence-corrected chi connectivity index (χ0v) is 19.0. The third-order valence-corrected chi connectivity index (χ3v) is 6.29. The van der Waals surface area contributed by atoms with Crippen molar-refractivity contribution in [2.24, 2.45) is 16.9 Å². The van der Waals surface area contributed by atoms with Crippen LogP contribution in [0.1, 0.15) is 18.4 Å². The summed E-state index contributed by atoms with van der Waals surface area (Å²) in [7, 11) is -4.17. The lowest BCUT2D eigenvalue weighted by molar-refractivity contribution is -0.139. The van der Waals surface area contributed by atoms with Crippen LogP contribution in [0.2, 0.25) is 0 Å². The van der Waals surface area contributed by atoms with Gasteiger partial charge in [0.25, 0.3) is 0 Å². The van der Waals surface area contributed by atoms with E-state index in [1.54, 1.807) is 12.4 Å². The summed E-state index contributed by atoms with van der Waals surface area (Å²) in [5.41, 5.74) is 0.783. The van der Waals surface area contributed by atoms with Gasteiger partial charge in [-0.3, -0.25) is 0 Å². The van der Waals surface area contributed by atoms with E-state index in [1.807, 2.05) is 13.0 Å². The minimum absolute atomic E-state index is 0.110. The lowest BCUT2D eigenvalue weighted by Gasteiger charge is -2.30. The van der Waals surface area contributed by atoms with Crippen LogP contribution in [0, 0.1) is 12.8 Å². The van der Waals surface area contributed by atoms with Gasteiger partial charge in [0.15, 0.2) is 6.61 Å². The fraction of sp³-hybridized carbons (Fsp3) is 0.364. The van der Waals surface area contributed by atoms with Crippen molar-refractivity contribution in [1.82, 2.24) is 4.90 Å². The first-order chi connectivity index (χ1) is 15.7. The van der Waals surface area contributed by atoms with Gasteiger partial charge < -0.3 is 29.5 Å². The topological polar surface area (TPSA) is 141 Å². The molecule has 1 aliphatic heterocycles. The van der Waals surface area contributed by atoms with Crippen molar-refractivity contribution in [3.05, 3.63) is 48.0 Å². The van der Waals surface area contributed by atoms with Gasteiger partial charge in [0.05, 0.1) is 6.61 Å². The van der Waals surface area contributed by atoms with E-state index >= 15 is 0 Å². The molecule has 0 radical (unpaired) electrons. The number of carbonyl (C=O) groups is 1. The van der Waals surface area contributed by atoms with E-state index in [0.717, 1.165) is 31.5 Å². The van der Waals surface area contributed by atoms with Gasteiger partial charge in [0.1, 0.15) is 28.5 Å². The van der Waals surface area contributed by atoms with Crippen molar-refractivity contribution >= 4 is 22.4 Å². The predicted molar refractivity (Wildman–Crippen MR) is 121 cm³/mol. The first kappa shape index (κ1) is 24.2. The number of hydrogen-bond donors (Lipinski definition) is 2. The molecular formula is C22H27N3O7S. The number of aliphatic carboxylic acids is 1. The molecule has 0 bridgehead atoms. The molecule has 1 aliphatic rings. The van der Waals surface area contributed by atoms with Crippen LogP contribution in [0.3, 0.4) is 0 Å². The molecule has 0 unspecified atom stereocenters. The maximum atomic E-state index is 12.7. The number of nitrogens with zero attached hydrogens (tertiary/aromatic N) is 2. The van der Waals surface area contributed by atoms with Crippen LogP contribution in [-0.4, -0.2) is 57.0 Å². The van der Waals surface area contributed by atoms with Gasteiger partial charge in [-0.25, -0.2) is 4.79 Å². The Balaban J connectivity index is 1.64. The molecule has 0 atom stereocenters. The quantitative estimate of drug-likeness (QED) is 0.173. The molecule has 3 rings (SSSR count).